The van der Waals surface area contributed by atoms with Gasteiger partial charge in [-0.15, -0.1) is 0 Å². The summed E-state index contributed by atoms with van der Waals surface area (Å²) < 4.78 is 58.3. The second-order valence-electron chi connectivity index (χ2n) is 2.84. The second kappa shape index (κ2) is 3.67. The van der Waals surface area contributed by atoms with Crippen molar-refractivity contribution < 1.29 is 21.6 Å². The van der Waals surface area contributed by atoms with Crippen molar-refractivity contribution in [2.45, 2.75) is 17.6 Å². The smallest absolute Gasteiger partial charge is 0.243 e. The lowest BCUT2D eigenvalue weighted by Crippen LogP contribution is -2.18. The minimum absolute atomic E-state index is 0.387. The first-order valence-corrected chi connectivity index (χ1v) is 5.86. The molecule has 0 aliphatic carbocycles. The predicted octanol–water partition coefficient (Wildman–Crippen LogP) is 1.50. The maximum atomic E-state index is 12.0. The summed E-state index contributed by atoms with van der Waals surface area (Å²) in [6, 6.07) is 0. The highest BCUT2D eigenvalue weighted by Crippen LogP contribution is 2.24. The third-order valence-electron chi connectivity index (χ3n) is 1.47. The van der Waals surface area contributed by atoms with Crippen molar-refractivity contribution in [1.29, 1.82) is 0 Å². The highest BCUT2D eigenvalue weighted by molar-refractivity contribution is 7.90. The van der Waals surface area contributed by atoms with Crippen LogP contribution in [0.2, 0.25) is 5.15 Å². The molecule has 0 bridgehead atoms. The molecule has 0 aliphatic rings. The van der Waals surface area contributed by atoms with Gasteiger partial charge in [0.25, 0.3) is 0 Å². The van der Waals surface area contributed by atoms with Crippen LogP contribution in [0.1, 0.15) is 0 Å². The molecule has 1 rings (SSSR count). The lowest BCUT2D eigenvalue weighted by Gasteiger charge is -2.06. The second-order valence-corrected chi connectivity index (χ2v) is 5.19. The highest BCUT2D eigenvalue weighted by Gasteiger charge is 2.31. The van der Waals surface area contributed by atoms with Crippen LogP contribution >= 0.6 is 11.6 Å². The summed E-state index contributed by atoms with van der Waals surface area (Å²) in [5, 5.41) is 2.72. The standard InChI is InChI=1S/C6H6ClF3N2O2S/c1-15(13,14)4-2-11-12(5(4)7)3-6(8,9)10/h2H,3H2,1H3. The summed E-state index contributed by atoms with van der Waals surface area (Å²) in [7, 11) is -3.65. The molecule has 0 aliphatic heterocycles. The van der Waals surface area contributed by atoms with Gasteiger partial charge in [0.15, 0.2) is 9.84 Å². The van der Waals surface area contributed by atoms with Crippen molar-refractivity contribution >= 4 is 21.4 Å². The molecule has 1 heterocycles. The maximum Gasteiger partial charge on any atom is 0.408 e. The Morgan fingerprint density at radius 3 is 2.40 bits per heavy atom. The molecule has 0 spiro atoms. The zero-order valence-electron chi connectivity index (χ0n) is 7.42. The van der Waals surface area contributed by atoms with Gasteiger partial charge < -0.3 is 0 Å². The monoisotopic (exact) mass is 262 g/mol. The van der Waals surface area contributed by atoms with Crippen LogP contribution in [0.3, 0.4) is 0 Å². The van der Waals surface area contributed by atoms with Crippen molar-refractivity contribution in [2.24, 2.45) is 0 Å². The minimum atomic E-state index is -4.50. The molecule has 9 heteroatoms. The Morgan fingerprint density at radius 2 is 2.07 bits per heavy atom. The number of sulfone groups is 1. The van der Waals surface area contributed by atoms with Gasteiger partial charge in [0.2, 0.25) is 0 Å². The van der Waals surface area contributed by atoms with E-state index in [0.29, 0.717) is 4.68 Å². The van der Waals surface area contributed by atoms with Crippen LogP contribution in [0.25, 0.3) is 0 Å². The van der Waals surface area contributed by atoms with Crippen LogP contribution in [-0.4, -0.2) is 30.6 Å². The van der Waals surface area contributed by atoms with Gasteiger partial charge in [-0.25, -0.2) is 13.1 Å². The van der Waals surface area contributed by atoms with Gasteiger partial charge in [-0.2, -0.15) is 18.3 Å². The van der Waals surface area contributed by atoms with E-state index in [1.54, 1.807) is 0 Å². The van der Waals surface area contributed by atoms with Gasteiger partial charge in [-0.05, 0) is 0 Å². The van der Waals surface area contributed by atoms with E-state index in [2.05, 4.69) is 5.10 Å². The largest absolute Gasteiger partial charge is 0.408 e. The number of nitrogens with zero attached hydrogens (tertiary/aromatic N) is 2. The first-order chi connectivity index (χ1) is 6.61. The Balaban J connectivity index is 3.11. The van der Waals surface area contributed by atoms with E-state index < -0.39 is 32.6 Å². The zero-order valence-corrected chi connectivity index (χ0v) is 8.99. The Bertz CT molecular complexity index is 465. The Hall–Kier alpha value is -0.760. The first kappa shape index (κ1) is 12.3. The number of halogens is 4. The molecule has 1 aromatic heterocycles. The van der Waals surface area contributed by atoms with E-state index in [1.807, 2.05) is 0 Å². The van der Waals surface area contributed by atoms with Gasteiger partial charge in [-0.3, -0.25) is 0 Å². The summed E-state index contributed by atoms with van der Waals surface area (Å²) in [5.74, 6) is 0. The molecule has 0 amide bonds. The average molecular weight is 263 g/mol. The number of hydrogen-bond donors (Lipinski definition) is 0. The molecule has 0 saturated heterocycles. The van der Waals surface area contributed by atoms with Crippen LogP contribution in [0.15, 0.2) is 11.1 Å². The van der Waals surface area contributed by atoms with Crippen molar-refractivity contribution in [1.82, 2.24) is 9.78 Å². The highest BCUT2D eigenvalue weighted by atomic mass is 35.5. The molecule has 0 saturated carbocycles. The molecule has 0 unspecified atom stereocenters. The van der Waals surface area contributed by atoms with Crippen LogP contribution in [0, 0.1) is 0 Å². The van der Waals surface area contributed by atoms with E-state index in [1.165, 1.54) is 0 Å². The molecule has 86 valence electrons. The molecule has 0 aromatic carbocycles. The zero-order chi connectivity index (χ0) is 11.9. The molecule has 0 N–H and O–H groups in total. The summed E-state index contributed by atoms with van der Waals surface area (Å²) >= 11 is 5.44. The molecule has 4 nitrogen and oxygen atoms in total. The minimum Gasteiger partial charge on any atom is -0.243 e. The first-order valence-electron chi connectivity index (χ1n) is 3.59. The van der Waals surface area contributed by atoms with Gasteiger partial charge in [-0.1, -0.05) is 11.6 Å². The van der Waals surface area contributed by atoms with Crippen LogP contribution in [0.5, 0.6) is 0 Å². The van der Waals surface area contributed by atoms with E-state index in [9.17, 15) is 21.6 Å². The fourth-order valence-corrected chi connectivity index (χ4v) is 2.10. The summed E-state index contributed by atoms with van der Waals surface area (Å²) in [6.07, 6.45) is -2.86. The normalized spacial score (nSPS) is 13.1. The van der Waals surface area contributed by atoms with Crippen molar-refractivity contribution in [2.75, 3.05) is 6.26 Å². The predicted molar refractivity (Wildman–Crippen MR) is 46.4 cm³/mol. The van der Waals surface area contributed by atoms with Gasteiger partial charge in [0, 0.05) is 6.26 Å². The third-order valence-corrected chi connectivity index (χ3v) is 3.08. The lowest BCUT2D eigenvalue weighted by molar-refractivity contribution is -0.142. The molecular formula is C6H6ClF3N2O2S. The summed E-state index contributed by atoms with van der Waals surface area (Å²) in [4.78, 5) is -0.409. The molecule has 0 atom stereocenters. The van der Waals surface area contributed by atoms with E-state index in [0.717, 1.165) is 12.5 Å². The van der Waals surface area contributed by atoms with Crippen LogP contribution < -0.4 is 0 Å². The Morgan fingerprint density at radius 1 is 1.53 bits per heavy atom. The Labute approximate surface area is 88.6 Å². The van der Waals surface area contributed by atoms with Gasteiger partial charge in [0.05, 0.1) is 6.20 Å². The third kappa shape index (κ3) is 3.10. The fraction of sp³-hybridized carbons (Fsp3) is 0.500. The van der Waals surface area contributed by atoms with Crippen LogP contribution in [0.4, 0.5) is 13.2 Å². The van der Waals surface area contributed by atoms with E-state index >= 15 is 0 Å². The molecule has 0 fully saturated rings. The summed E-state index contributed by atoms with van der Waals surface area (Å²) in [5.41, 5.74) is 0. The van der Waals surface area contributed by atoms with Crippen LogP contribution in [-0.2, 0) is 16.4 Å². The van der Waals surface area contributed by atoms with Crippen molar-refractivity contribution in [3.8, 4) is 0 Å². The molecular weight excluding hydrogens is 257 g/mol. The lowest BCUT2D eigenvalue weighted by atomic mass is 10.6. The SMILES string of the molecule is CS(=O)(=O)c1cnn(CC(F)(F)F)c1Cl. The fourth-order valence-electron chi connectivity index (χ4n) is 0.882. The maximum absolute atomic E-state index is 12.0. The Kier molecular flexibility index (Phi) is 3.01. The van der Waals surface area contributed by atoms with E-state index in [-0.39, 0.29) is 0 Å². The number of alkyl halides is 3. The molecule has 15 heavy (non-hydrogen) atoms. The number of aromatic nitrogens is 2. The summed E-state index contributed by atoms with van der Waals surface area (Å²) in [6.45, 7) is -1.42. The molecule has 1 aromatic rings. The van der Waals surface area contributed by atoms with Gasteiger partial charge >= 0.3 is 6.18 Å². The van der Waals surface area contributed by atoms with Crippen molar-refractivity contribution in [3.63, 3.8) is 0 Å². The number of hydrogen-bond acceptors (Lipinski definition) is 3. The van der Waals surface area contributed by atoms with E-state index in [4.69, 9.17) is 11.6 Å². The topological polar surface area (TPSA) is 52.0 Å². The molecule has 0 radical (unpaired) electrons. The van der Waals surface area contributed by atoms with Gasteiger partial charge in [0.1, 0.15) is 16.6 Å². The van der Waals surface area contributed by atoms with Crippen molar-refractivity contribution in [3.05, 3.63) is 11.3 Å². The number of rotatable bonds is 2. The quantitative estimate of drug-likeness (QED) is 0.812. The average Bonchev–Trinajstić information content (AvgIpc) is 2.27.